The summed E-state index contributed by atoms with van der Waals surface area (Å²) < 4.78 is 64.5. The quantitative estimate of drug-likeness (QED) is 0.755. The molecule has 6 nitrogen and oxygen atoms in total. The number of nitrogens with zero attached hydrogens (tertiary/aromatic N) is 1. The molecule has 0 saturated heterocycles. The van der Waals surface area contributed by atoms with E-state index in [1.165, 1.54) is 20.8 Å². The van der Waals surface area contributed by atoms with E-state index in [0.717, 1.165) is 6.07 Å². The van der Waals surface area contributed by atoms with Gasteiger partial charge in [0, 0.05) is 12.1 Å². The molecule has 0 aliphatic heterocycles. The zero-order valence-corrected chi connectivity index (χ0v) is 15.9. The average molecular weight is 403 g/mol. The molecule has 0 saturated carbocycles. The maximum atomic E-state index is 13.0. The highest BCUT2D eigenvalue weighted by molar-refractivity contribution is 7.94. The number of sulfonamides is 1. The Labute approximate surface area is 156 Å². The van der Waals surface area contributed by atoms with Crippen LogP contribution >= 0.6 is 0 Å². The summed E-state index contributed by atoms with van der Waals surface area (Å²) in [7, 11) is -3.97. The molecule has 0 aliphatic rings. The highest BCUT2D eigenvalue weighted by Gasteiger charge is 2.34. The first-order valence-corrected chi connectivity index (χ1v) is 9.27. The van der Waals surface area contributed by atoms with E-state index < -0.39 is 38.0 Å². The molecule has 27 heavy (non-hydrogen) atoms. The molecule has 1 aromatic rings. The molecule has 0 bridgehead atoms. The van der Waals surface area contributed by atoms with Crippen molar-refractivity contribution in [3.63, 3.8) is 0 Å². The Morgan fingerprint density at radius 1 is 1.26 bits per heavy atom. The van der Waals surface area contributed by atoms with Gasteiger partial charge in [-0.1, -0.05) is 6.58 Å². The van der Waals surface area contributed by atoms with Crippen molar-refractivity contribution in [2.45, 2.75) is 44.5 Å². The molecule has 0 radical (unpaired) electrons. The van der Waals surface area contributed by atoms with Crippen molar-refractivity contribution in [2.24, 2.45) is 0 Å². The maximum absolute atomic E-state index is 13.0. The van der Waals surface area contributed by atoms with Crippen molar-refractivity contribution >= 4 is 21.6 Å². The van der Waals surface area contributed by atoms with E-state index in [1.54, 1.807) is 0 Å². The molecule has 0 fully saturated rings. The number of carbonyl (C=O) groups excluding carboxylic acids is 1. The van der Waals surface area contributed by atoms with Crippen molar-refractivity contribution in [3.05, 3.63) is 41.6 Å². The molecular formula is C17H20F3N3O3S. The van der Waals surface area contributed by atoms with E-state index in [9.17, 15) is 26.4 Å². The van der Waals surface area contributed by atoms with Gasteiger partial charge < -0.3 is 5.32 Å². The van der Waals surface area contributed by atoms with Crippen LogP contribution in [0.3, 0.4) is 0 Å². The first kappa shape index (κ1) is 22.5. The third-order valence-electron chi connectivity index (χ3n) is 3.47. The fourth-order valence-electron chi connectivity index (χ4n) is 1.79. The predicted molar refractivity (Wildman–Crippen MR) is 95.2 cm³/mol. The number of allylic oxidation sites excluding steroid dienone is 1. The van der Waals surface area contributed by atoms with Crippen LogP contribution in [-0.4, -0.2) is 19.1 Å². The molecule has 148 valence electrons. The molecule has 0 heterocycles. The number of anilines is 1. The minimum absolute atomic E-state index is 0.0607. The fraction of sp³-hybridized carbons (Fsp3) is 0.412. The average Bonchev–Trinajstić information content (AvgIpc) is 2.50. The van der Waals surface area contributed by atoms with E-state index in [4.69, 9.17) is 5.26 Å². The summed E-state index contributed by atoms with van der Waals surface area (Å²) >= 11 is 0. The van der Waals surface area contributed by atoms with Crippen LogP contribution in [0.5, 0.6) is 0 Å². The lowest BCUT2D eigenvalue weighted by atomic mass is 10.1. The van der Waals surface area contributed by atoms with Crippen LogP contribution in [0.25, 0.3) is 0 Å². The number of hydrogen-bond donors (Lipinski definition) is 2. The van der Waals surface area contributed by atoms with E-state index in [0.29, 0.717) is 12.1 Å². The van der Waals surface area contributed by atoms with Crippen LogP contribution < -0.4 is 10.0 Å². The van der Waals surface area contributed by atoms with Crippen LogP contribution in [0.1, 0.15) is 49.5 Å². The fourth-order valence-corrected chi connectivity index (χ4v) is 2.57. The van der Waals surface area contributed by atoms with Gasteiger partial charge in [-0.15, -0.1) is 0 Å². The Morgan fingerprint density at radius 2 is 1.85 bits per heavy atom. The maximum Gasteiger partial charge on any atom is 0.416 e. The van der Waals surface area contributed by atoms with Gasteiger partial charge in [0.1, 0.15) is 0 Å². The predicted octanol–water partition coefficient (Wildman–Crippen LogP) is 3.79. The zero-order valence-electron chi connectivity index (χ0n) is 15.1. The van der Waals surface area contributed by atoms with Gasteiger partial charge in [-0.3, -0.25) is 9.52 Å². The van der Waals surface area contributed by atoms with Crippen LogP contribution in [0.15, 0.2) is 30.5 Å². The Morgan fingerprint density at radius 3 is 2.33 bits per heavy atom. The molecule has 2 N–H and O–H groups in total. The third-order valence-corrected chi connectivity index (χ3v) is 5.57. The monoisotopic (exact) mass is 403 g/mol. The molecule has 10 heteroatoms. The highest BCUT2D eigenvalue weighted by Crippen LogP contribution is 2.33. The van der Waals surface area contributed by atoms with Gasteiger partial charge in [0.2, 0.25) is 10.0 Å². The first-order valence-electron chi connectivity index (χ1n) is 7.78. The second-order valence-corrected chi connectivity index (χ2v) is 9.13. The largest absolute Gasteiger partial charge is 0.416 e. The molecule has 0 unspecified atom stereocenters. The summed E-state index contributed by atoms with van der Waals surface area (Å²) in [4.78, 5) is 12.4. The number of rotatable bonds is 6. The summed E-state index contributed by atoms with van der Waals surface area (Å²) in [5, 5.41) is 10.8. The Hall–Kier alpha value is -2.54. The number of carbonyl (C=O) groups is 1. The van der Waals surface area contributed by atoms with E-state index in [1.807, 2.05) is 6.07 Å². The number of alkyl halides is 3. The SMILES string of the molecule is C=C(CCC#N)NC(=O)c1cc(C(F)(F)F)ccc1NS(=O)(=O)C(C)(C)C. The number of hydrogen-bond acceptors (Lipinski definition) is 4. The smallest absolute Gasteiger partial charge is 0.326 e. The standard InChI is InChI=1S/C17H20F3N3O3S/c1-11(6-5-9-21)22-15(24)13-10-12(17(18,19)20)7-8-14(13)23-27(25,26)16(2,3)4/h7-8,10,23H,1,5-6H2,2-4H3,(H,22,24). The van der Waals surface area contributed by atoms with Gasteiger partial charge in [-0.05, 0) is 45.4 Å². The van der Waals surface area contributed by atoms with Gasteiger partial charge in [0.05, 0.1) is 27.6 Å². The minimum Gasteiger partial charge on any atom is -0.326 e. The molecular weight excluding hydrogens is 383 g/mol. The summed E-state index contributed by atoms with van der Waals surface area (Å²) in [6.07, 6.45) is -4.54. The molecule has 0 atom stereocenters. The Balaban J connectivity index is 3.34. The molecule has 0 spiro atoms. The molecule has 1 rings (SSSR count). The van der Waals surface area contributed by atoms with Gasteiger partial charge in [0.15, 0.2) is 0 Å². The number of amides is 1. The molecule has 0 aromatic heterocycles. The number of halogens is 3. The van der Waals surface area contributed by atoms with Gasteiger partial charge in [-0.25, -0.2) is 8.42 Å². The van der Waals surface area contributed by atoms with Crippen LogP contribution in [0.2, 0.25) is 0 Å². The lowest BCUT2D eigenvalue weighted by Crippen LogP contribution is -2.34. The lowest BCUT2D eigenvalue weighted by molar-refractivity contribution is -0.137. The normalized spacial score (nSPS) is 12.2. The van der Waals surface area contributed by atoms with E-state index in [2.05, 4.69) is 16.6 Å². The summed E-state index contributed by atoms with van der Waals surface area (Å²) in [5.74, 6) is -0.962. The van der Waals surface area contributed by atoms with Crippen LogP contribution in [0.4, 0.5) is 18.9 Å². The molecule has 1 aromatic carbocycles. The van der Waals surface area contributed by atoms with Gasteiger partial charge >= 0.3 is 6.18 Å². The number of nitriles is 1. The van der Waals surface area contributed by atoms with Crippen molar-refractivity contribution < 1.29 is 26.4 Å². The Kier molecular flexibility index (Phi) is 6.67. The van der Waals surface area contributed by atoms with Crippen LogP contribution in [0, 0.1) is 11.3 Å². The van der Waals surface area contributed by atoms with Crippen molar-refractivity contribution in [3.8, 4) is 6.07 Å². The van der Waals surface area contributed by atoms with Gasteiger partial charge in [0.25, 0.3) is 5.91 Å². The van der Waals surface area contributed by atoms with Crippen molar-refractivity contribution in [1.29, 1.82) is 5.26 Å². The molecule has 0 aliphatic carbocycles. The van der Waals surface area contributed by atoms with E-state index in [-0.39, 0.29) is 24.2 Å². The second kappa shape index (κ2) is 8.00. The lowest BCUT2D eigenvalue weighted by Gasteiger charge is -2.22. The summed E-state index contributed by atoms with van der Waals surface area (Å²) in [6, 6.07) is 3.98. The summed E-state index contributed by atoms with van der Waals surface area (Å²) in [5.41, 5.74) is -1.77. The zero-order chi connectivity index (χ0) is 21.0. The van der Waals surface area contributed by atoms with Crippen molar-refractivity contribution in [1.82, 2.24) is 5.32 Å². The Bertz CT molecular complexity index is 879. The summed E-state index contributed by atoms with van der Waals surface area (Å²) in [6.45, 7) is 7.75. The van der Waals surface area contributed by atoms with E-state index >= 15 is 0 Å². The number of benzene rings is 1. The molecule has 1 amide bonds. The van der Waals surface area contributed by atoms with Crippen LogP contribution in [-0.2, 0) is 16.2 Å². The van der Waals surface area contributed by atoms with Gasteiger partial charge in [-0.2, -0.15) is 18.4 Å². The van der Waals surface area contributed by atoms with Crippen molar-refractivity contribution in [2.75, 3.05) is 4.72 Å². The second-order valence-electron chi connectivity index (χ2n) is 6.69. The highest BCUT2D eigenvalue weighted by atomic mass is 32.2. The number of nitrogens with one attached hydrogen (secondary N) is 2. The topological polar surface area (TPSA) is 99.1 Å². The minimum atomic E-state index is -4.71. The third kappa shape index (κ3) is 5.99. The first-order chi connectivity index (χ1) is 12.2.